The molecule has 0 atom stereocenters. The van der Waals surface area contributed by atoms with Crippen LogP contribution in [0.3, 0.4) is 0 Å². The molecule has 0 aromatic carbocycles. The highest BCUT2D eigenvalue weighted by Crippen LogP contribution is 2.68. The maximum absolute atomic E-state index is 2.45. The van der Waals surface area contributed by atoms with Crippen LogP contribution in [-0.2, 0) is 0 Å². The molecule has 0 N–H and O–H groups in total. The van der Waals surface area contributed by atoms with E-state index in [1.165, 1.54) is 78.9 Å². The Morgan fingerprint density at radius 1 is 0.300 bits per heavy atom. The van der Waals surface area contributed by atoms with Crippen molar-refractivity contribution in [3.63, 3.8) is 0 Å². The maximum Gasteiger partial charge on any atom is 0.0716 e. The number of thioether (sulfide) groups is 20. The predicted octanol–water partition coefficient (Wildman–Crippen LogP) is 18.2. The summed E-state index contributed by atoms with van der Waals surface area (Å²) in [5.41, 5.74) is 2.67. The molecule has 0 aromatic rings. The van der Waals surface area contributed by atoms with Crippen molar-refractivity contribution in [2.45, 2.75) is 0 Å². The molecule has 20 heteroatoms. The quantitative estimate of drug-likeness (QED) is 0.182. The fraction of sp³-hybridized carbons (Fsp3) is 0.267. The van der Waals surface area contributed by atoms with Crippen LogP contribution in [0.1, 0.15) is 0 Å². The summed E-state index contributed by atoms with van der Waals surface area (Å²) in [6.07, 6.45) is 27.4. The summed E-state index contributed by atoms with van der Waals surface area (Å²) < 4.78 is 22.5. The lowest BCUT2D eigenvalue weighted by Crippen LogP contribution is -1.81. The smallest absolute Gasteiger partial charge is 0.0716 e. The zero-order valence-electron chi connectivity index (χ0n) is 27.5. The second-order valence-electron chi connectivity index (χ2n) is 9.07. The molecule has 0 aromatic heterocycles. The molecule has 0 saturated carbocycles. The molecule has 268 valence electrons. The molecule has 0 bridgehead atoms. The van der Waals surface area contributed by atoms with Crippen LogP contribution in [0.5, 0.6) is 0 Å². The van der Waals surface area contributed by atoms with Crippen LogP contribution in [0.4, 0.5) is 0 Å². The second-order valence-corrected chi connectivity index (χ2v) is 32.2. The largest absolute Gasteiger partial charge is 0.121 e. The number of hydrogen-bond acceptors (Lipinski definition) is 20. The second kappa shape index (κ2) is 21.4. The van der Waals surface area contributed by atoms with Gasteiger partial charge in [0.25, 0.3) is 0 Å². The topological polar surface area (TPSA) is 0 Å². The number of hydrogen-bond donors (Lipinski definition) is 0. The van der Waals surface area contributed by atoms with Crippen LogP contribution >= 0.6 is 235 Å². The Labute approximate surface area is 382 Å². The molecular weight excluding hydrogens is 1000 g/mol. The van der Waals surface area contributed by atoms with E-state index in [9.17, 15) is 0 Å². The van der Waals surface area contributed by atoms with Crippen molar-refractivity contribution >= 4 is 235 Å². The van der Waals surface area contributed by atoms with Gasteiger partial charge in [-0.3, -0.25) is 0 Å². The maximum atomic E-state index is 2.45. The Kier molecular flexibility index (Phi) is 18.7. The first-order chi connectivity index (χ1) is 24.3. The molecule has 0 unspecified atom stereocenters. The summed E-state index contributed by atoms with van der Waals surface area (Å²) in [7, 11) is 0. The summed E-state index contributed by atoms with van der Waals surface area (Å²) >= 11 is 38.2. The van der Waals surface area contributed by atoms with Gasteiger partial charge in [0.05, 0.1) is 67.8 Å². The van der Waals surface area contributed by atoms with E-state index in [4.69, 9.17) is 0 Å². The first-order valence-corrected chi connectivity index (χ1v) is 33.5. The monoisotopic (exact) mass is 1030 g/mol. The first kappa shape index (κ1) is 43.7. The molecule has 50 heavy (non-hydrogen) atoms. The summed E-state index contributed by atoms with van der Waals surface area (Å²) in [6, 6.07) is 0. The van der Waals surface area contributed by atoms with Crippen molar-refractivity contribution in [3.8, 4) is 0 Å². The standard InChI is InChI=1S/C30H28S20/c1-31-21-22(32-2)40-15(39-21)9-13(19-47-25(35-5)26(36-6)48-19)11-17-43-29-30(44-17)46-18(45-29)12-14(20-49-27(37-7)28(38-8)50-20)10-16-41-23(33-3)24(34-4)42-16/h9-12H,1-8H3. The lowest BCUT2D eigenvalue weighted by molar-refractivity contribution is 1.74. The summed E-state index contributed by atoms with van der Waals surface area (Å²) in [5, 5.41) is 0. The summed E-state index contributed by atoms with van der Waals surface area (Å²) in [4.78, 5) is 0. The van der Waals surface area contributed by atoms with Gasteiger partial charge in [0.1, 0.15) is 0 Å². The van der Waals surface area contributed by atoms with Gasteiger partial charge in [-0.25, -0.2) is 0 Å². The molecule has 0 spiro atoms. The normalized spacial score (nSPS) is 21.0. The van der Waals surface area contributed by atoms with Gasteiger partial charge in [-0.05, 0) is 85.5 Å². The average molecular weight is 1030 g/mol. The van der Waals surface area contributed by atoms with Crippen LogP contribution in [0.15, 0.2) is 103 Å². The lowest BCUT2D eigenvalue weighted by Gasteiger charge is -2.08. The van der Waals surface area contributed by atoms with Crippen molar-refractivity contribution < 1.29 is 0 Å². The van der Waals surface area contributed by atoms with Crippen LogP contribution in [0, 0.1) is 0 Å². The zero-order valence-corrected chi connectivity index (χ0v) is 43.8. The van der Waals surface area contributed by atoms with E-state index < -0.39 is 0 Å². The first-order valence-electron chi connectivity index (χ1n) is 13.9. The molecule has 6 aliphatic heterocycles. The van der Waals surface area contributed by atoms with Crippen molar-refractivity contribution in [2.75, 3.05) is 50.0 Å². The Morgan fingerprint density at radius 3 is 0.720 bits per heavy atom. The third-order valence-electron chi connectivity index (χ3n) is 6.17. The Morgan fingerprint density at radius 2 is 0.500 bits per heavy atom. The fourth-order valence-corrected chi connectivity index (χ4v) is 30.0. The van der Waals surface area contributed by atoms with Gasteiger partial charge in [0, 0.05) is 0 Å². The van der Waals surface area contributed by atoms with Gasteiger partial charge in [-0.15, -0.1) is 94.1 Å². The predicted molar refractivity (Wildman–Crippen MR) is 281 cm³/mol. The van der Waals surface area contributed by atoms with Crippen LogP contribution < -0.4 is 0 Å². The van der Waals surface area contributed by atoms with Gasteiger partial charge < -0.3 is 0 Å². The molecule has 6 heterocycles. The van der Waals surface area contributed by atoms with Crippen molar-refractivity contribution in [1.82, 2.24) is 0 Å². The molecule has 0 radical (unpaired) electrons. The van der Waals surface area contributed by atoms with Crippen LogP contribution in [0.2, 0.25) is 0 Å². The highest BCUT2D eigenvalue weighted by molar-refractivity contribution is 8.48. The molecule has 0 saturated heterocycles. The van der Waals surface area contributed by atoms with Gasteiger partial charge >= 0.3 is 0 Å². The molecular formula is C30H28S20. The molecule has 0 aliphatic carbocycles. The minimum atomic E-state index is 1.33. The lowest BCUT2D eigenvalue weighted by atomic mass is 10.3. The van der Waals surface area contributed by atoms with Crippen LogP contribution in [-0.4, -0.2) is 50.0 Å². The van der Waals surface area contributed by atoms with Gasteiger partial charge in [-0.1, -0.05) is 141 Å². The van der Waals surface area contributed by atoms with E-state index in [2.05, 4.69) is 74.4 Å². The molecule has 0 amide bonds. The molecule has 0 nitrogen and oxygen atoms in total. The highest BCUT2D eigenvalue weighted by atomic mass is 32.3. The zero-order chi connectivity index (χ0) is 35.4. The Hall–Kier alpha value is 4.14. The average Bonchev–Trinajstić information content (AvgIpc) is 3.97. The van der Waals surface area contributed by atoms with Gasteiger partial charge in [0.2, 0.25) is 0 Å². The van der Waals surface area contributed by atoms with Crippen molar-refractivity contribution in [2.24, 2.45) is 0 Å². The third kappa shape index (κ3) is 10.8. The third-order valence-corrected chi connectivity index (χ3v) is 32.3. The number of allylic oxidation sites excluding steroid dienone is 6. The van der Waals surface area contributed by atoms with E-state index in [0.717, 1.165) is 0 Å². The van der Waals surface area contributed by atoms with E-state index in [1.807, 2.05) is 235 Å². The SMILES string of the molecule is CSC1=C(SC)SC(=CC(C=C2SC3=C(S2)SC(=CC(C=C2SC(SC)=C(SC)S2)=C2SC(SC)=C(SC)S2)S3)=C2SC(SC)=C(SC)S2)S1. The fourth-order valence-electron chi connectivity index (χ4n) is 4.03. The Balaban J connectivity index is 1.23. The molecule has 6 aliphatic rings. The number of rotatable bonds is 12. The van der Waals surface area contributed by atoms with Crippen molar-refractivity contribution in [1.29, 1.82) is 0 Å². The van der Waals surface area contributed by atoms with E-state index in [-0.39, 0.29) is 0 Å². The summed E-state index contributed by atoms with van der Waals surface area (Å²) in [6.45, 7) is 0. The van der Waals surface area contributed by atoms with E-state index >= 15 is 0 Å². The highest BCUT2D eigenvalue weighted by Gasteiger charge is 2.32. The van der Waals surface area contributed by atoms with E-state index in [1.54, 1.807) is 0 Å². The van der Waals surface area contributed by atoms with Crippen molar-refractivity contribution in [3.05, 3.63) is 103 Å². The summed E-state index contributed by atoms with van der Waals surface area (Å²) in [5.74, 6) is 0. The minimum absolute atomic E-state index is 1.33. The molecule has 0 fully saturated rings. The Bertz CT molecular complexity index is 1560. The van der Waals surface area contributed by atoms with Gasteiger partial charge in [0.15, 0.2) is 0 Å². The molecule has 6 rings (SSSR count). The van der Waals surface area contributed by atoms with Crippen LogP contribution in [0.25, 0.3) is 0 Å². The minimum Gasteiger partial charge on any atom is -0.121 e. The van der Waals surface area contributed by atoms with E-state index in [0.29, 0.717) is 0 Å². The van der Waals surface area contributed by atoms with Gasteiger partial charge in [-0.2, -0.15) is 0 Å².